The summed E-state index contributed by atoms with van der Waals surface area (Å²) in [6.45, 7) is 0.0428. The van der Waals surface area contributed by atoms with E-state index in [1.807, 2.05) is 12.1 Å². The van der Waals surface area contributed by atoms with E-state index in [1.165, 1.54) is 38.5 Å². The fourth-order valence-electron chi connectivity index (χ4n) is 7.97. The summed E-state index contributed by atoms with van der Waals surface area (Å²) in [7, 11) is 0. The highest BCUT2D eigenvalue weighted by molar-refractivity contribution is 6.10. The zero-order valence-corrected chi connectivity index (χ0v) is 22.9. The molecule has 4 aliphatic carbocycles. The van der Waals surface area contributed by atoms with Crippen LogP contribution in [0.15, 0.2) is 54.7 Å². The van der Waals surface area contributed by atoms with Crippen molar-refractivity contribution >= 4 is 34.6 Å². The Morgan fingerprint density at radius 2 is 1.49 bits per heavy atom. The van der Waals surface area contributed by atoms with Gasteiger partial charge in [-0.15, -0.1) is 0 Å². The Balaban J connectivity index is 1.19. The average Bonchev–Trinajstić information content (AvgIpc) is 3.42. The molecule has 41 heavy (non-hydrogen) atoms. The molecule has 0 aliphatic heterocycles. The number of carbonyl (C=O) groups excluding carboxylic acids is 3. The topological polar surface area (TPSA) is 140 Å². The van der Waals surface area contributed by atoms with Crippen LogP contribution < -0.4 is 16.0 Å². The maximum absolute atomic E-state index is 13.6. The third kappa shape index (κ3) is 5.71. The highest BCUT2D eigenvalue weighted by Gasteiger charge is 2.50. The van der Waals surface area contributed by atoms with Gasteiger partial charge in [0, 0.05) is 30.2 Å². The molecule has 4 aliphatic rings. The molecule has 2 aromatic carbocycles. The fourth-order valence-corrected chi connectivity index (χ4v) is 7.97. The van der Waals surface area contributed by atoms with E-state index in [0.29, 0.717) is 12.1 Å². The number of hydrogen-bond donors (Lipinski definition) is 5. The minimum absolute atomic E-state index is 0.0617. The van der Waals surface area contributed by atoms with Gasteiger partial charge in [0.1, 0.15) is 6.54 Å². The van der Waals surface area contributed by atoms with Crippen molar-refractivity contribution in [2.24, 2.45) is 23.2 Å². The lowest BCUT2D eigenvalue weighted by Crippen LogP contribution is -2.51. The smallest absolute Gasteiger partial charge is 0.322 e. The van der Waals surface area contributed by atoms with E-state index >= 15 is 0 Å². The number of aromatic nitrogens is 1. The zero-order chi connectivity index (χ0) is 28.6. The van der Waals surface area contributed by atoms with Crippen LogP contribution in [0.4, 0.5) is 0 Å². The largest absolute Gasteiger partial charge is 0.480 e. The Morgan fingerprint density at radius 3 is 2.15 bits per heavy atom. The van der Waals surface area contributed by atoms with Gasteiger partial charge in [-0.2, -0.15) is 0 Å². The second kappa shape index (κ2) is 11.0. The number of aliphatic carboxylic acids is 1. The molecule has 4 saturated carbocycles. The van der Waals surface area contributed by atoms with Gasteiger partial charge in [-0.05, 0) is 85.5 Å². The summed E-state index contributed by atoms with van der Waals surface area (Å²) in [6, 6.07) is 14.1. The van der Waals surface area contributed by atoms with E-state index in [4.69, 9.17) is 5.11 Å². The molecular formula is C32H36N4O5. The van der Waals surface area contributed by atoms with Crippen LogP contribution in [0.2, 0.25) is 0 Å². The van der Waals surface area contributed by atoms with Crippen LogP contribution in [0.3, 0.4) is 0 Å². The molecule has 4 bridgehead atoms. The van der Waals surface area contributed by atoms with E-state index < -0.39 is 30.2 Å². The van der Waals surface area contributed by atoms with Crippen LogP contribution in [-0.4, -0.2) is 53.4 Å². The van der Waals surface area contributed by atoms with Gasteiger partial charge in [0.05, 0.1) is 17.0 Å². The Kier molecular flexibility index (Phi) is 7.28. The standard InChI is InChI=1S/C32H36N4O5/c37-28(38)17-35-31(41)26(22-4-2-1-3-5-22)16-34-29(39)24-11-23-6-7-33-27(23)12-25(24)30(40)36-18-32-13-19-8-20(14-32)10-21(9-19)15-32/h1-7,11-12,19-21,26,33H,8-10,13-18H2,(H,34,39)(H,35,41)(H,36,40)(H,37,38). The Morgan fingerprint density at radius 1 is 0.854 bits per heavy atom. The van der Waals surface area contributed by atoms with Gasteiger partial charge in [0.25, 0.3) is 11.8 Å². The molecule has 7 rings (SSSR count). The number of H-pyrrole nitrogens is 1. The van der Waals surface area contributed by atoms with Crippen molar-refractivity contribution in [3.05, 3.63) is 71.4 Å². The van der Waals surface area contributed by atoms with Gasteiger partial charge in [-0.3, -0.25) is 19.2 Å². The second-order valence-electron chi connectivity index (χ2n) is 12.3. The quantitative estimate of drug-likeness (QED) is 0.258. The lowest BCUT2D eigenvalue weighted by Gasteiger charge is -2.56. The predicted molar refractivity (Wildman–Crippen MR) is 153 cm³/mol. The Labute approximate surface area is 238 Å². The first kappa shape index (κ1) is 27.1. The predicted octanol–water partition coefficient (Wildman–Crippen LogP) is 3.83. The summed E-state index contributed by atoms with van der Waals surface area (Å²) in [4.78, 5) is 54.2. The van der Waals surface area contributed by atoms with Crippen LogP contribution in [0.25, 0.3) is 10.9 Å². The van der Waals surface area contributed by atoms with Crippen LogP contribution >= 0.6 is 0 Å². The number of nitrogens with one attached hydrogen (secondary N) is 4. The van der Waals surface area contributed by atoms with Gasteiger partial charge < -0.3 is 26.0 Å². The maximum Gasteiger partial charge on any atom is 0.322 e. The summed E-state index contributed by atoms with van der Waals surface area (Å²) < 4.78 is 0. The lowest BCUT2D eigenvalue weighted by atomic mass is 9.49. The van der Waals surface area contributed by atoms with Gasteiger partial charge in [-0.25, -0.2) is 0 Å². The molecule has 0 saturated heterocycles. The fraction of sp³-hybridized carbons (Fsp3) is 0.438. The Hall–Kier alpha value is -4.14. The molecule has 3 aromatic rings. The third-order valence-electron chi connectivity index (χ3n) is 9.37. The number of carbonyl (C=O) groups is 4. The summed E-state index contributed by atoms with van der Waals surface area (Å²) in [5.74, 6) is -0.878. The molecule has 9 nitrogen and oxygen atoms in total. The maximum atomic E-state index is 13.6. The number of fused-ring (bicyclic) bond motifs is 1. The number of amides is 3. The molecule has 4 fully saturated rings. The van der Waals surface area contributed by atoms with Gasteiger partial charge in [0.2, 0.25) is 5.91 Å². The molecule has 3 amide bonds. The van der Waals surface area contributed by atoms with Crippen molar-refractivity contribution in [2.45, 2.75) is 44.4 Å². The van der Waals surface area contributed by atoms with Crippen LogP contribution in [0.5, 0.6) is 0 Å². The van der Waals surface area contributed by atoms with E-state index in [9.17, 15) is 19.2 Å². The highest BCUT2D eigenvalue weighted by Crippen LogP contribution is 2.59. The number of hydrogen-bond acceptors (Lipinski definition) is 4. The third-order valence-corrected chi connectivity index (χ3v) is 9.37. The van der Waals surface area contributed by atoms with Crippen molar-refractivity contribution < 1.29 is 24.3 Å². The second-order valence-corrected chi connectivity index (χ2v) is 12.3. The number of rotatable bonds is 10. The number of benzene rings is 2. The molecule has 1 heterocycles. The molecule has 9 heteroatoms. The SMILES string of the molecule is O=C(O)CNC(=O)C(CNC(=O)c1cc2cc[nH]c2cc1C(=O)NCC12CC3CC(CC(C3)C1)C2)c1ccccc1. The molecule has 5 N–H and O–H groups in total. The van der Waals surface area contributed by atoms with Crippen molar-refractivity contribution in [3.8, 4) is 0 Å². The number of carboxylic acid groups (broad SMARTS) is 1. The van der Waals surface area contributed by atoms with E-state index in [2.05, 4.69) is 20.9 Å². The summed E-state index contributed by atoms with van der Waals surface area (Å²) in [6.07, 6.45) is 9.28. The molecular weight excluding hydrogens is 520 g/mol. The van der Waals surface area contributed by atoms with E-state index in [1.54, 1.807) is 42.6 Å². The zero-order valence-electron chi connectivity index (χ0n) is 22.9. The Bertz CT molecular complexity index is 1440. The van der Waals surface area contributed by atoms with Gasteiger partial charge in [0.15, 0.2) is 0 Å². The first-order chi connectivity index (χ1) is 19.8. The molecule has 214 valence electrons. The average molecular weight is 557 g/mol. The number of aromatic amines is 1. The summed E-state index contributed by atoms with van der Waals surface area (Å²) >= 11 is 0. The van der Waals surface area contributed by atoms with Crippen molar-refractivity contribution in [1.82, 2.24) is 20.9 Å². The first-order valence-corrected chi connectivity index (χ1v) is 14.5. The van der Waals surface area contributed by atoms with Crippen molar-refractivity contribution in [1.29, 1.82) is 0 Å². The van der Waals surface area contributed by atoms with E-state index in [0.717, 1.165) is 28.7 Å². The molecule has 1 aromatic heterocycles. The van der Waals surface area contributed by atoms with Gasteiger partial charge in [-0.1, -0.05) is 30.3 Å². The van der Waals surface area contributed by atoms with Gasteiger partial charge >= 0.3 is 5.97 Å². The minimum atomic E-state index is -1.15. The summed E-state index contributed by atoms with van der Waals surface area (Å²) in [5, 5.41) is 18.2. The van der Waals surface area contributed by atoms with Crippen LogP contribution in [0, 0.1) is 23.2 Å². The molecule has 0 spiro atoms. The van der Waals surface area contributed by atoms with E-state index in [-0.39, 0.29) is 29.0 Å². The highest BCUT2D eigenvalue weighted by atomic mass is 16.4. The lowest BCUT2D eigenvalue weighted by molar-refractivity contribution is -0.138. The summed E-state index contributed by atoms with van der Waals surface area (Å²) in [5.41, 5.74) is 2.09. The molecule has 1 unspecified atom stereocenters. The normalized spacial score (nSPS) is 25.0. The monoisotopic (exact) mass is 556 g/mol. The van der Waals surface area contributed by atoms with Crippen LogP contribution in [-0.2, 0) is 9.59 Å². The van der Waals surface area contributed by atoms with Crippen molar-refractivity contribution in [3.63, 3.8) is 0 Å². The number of carboxylic acids is 1. The van der Waals surface area contributed by atoms with Crippen molar-refractivity contribution in [2.75, 3.05) is 19.6 Å². The minimum Gasteiger partial charge on any atom is -0.480 e. The first-order valence-electron chi connectivity index (χ1n) is 14.5. The van der Waals surface area contributed by atoms with Crippen LogP contribution in [0.1, 0.15) is 70.7 Å². The molecule has 1 atom stereocenters. The molecule has 0 radical (unpaired) electrons.